The molecule has 0 amide bonds. The number of nitrogens with two attached hydrogens (primary N) is 1. The average Bonchev–Trinajstić information content (AvgIpc) is 2.77. The number of hydrogen-bond acceptors (Lipinski definition) is 5. The maximum atomic E-state index is 5.90. The molecular formula is C12H17N3S2. The highest BCUT2D eigenvalue weighted by Crippen LogP contribution is 2.26. The molecule has 3 nitrogen and oxygen atoms in total. The van der Waals surface area contributed by atoms with Gasteiger partial charge in [-0.15, -0.1) is 11.3 Å². The van der Waals surface area contributed by atoms with Gasteiger partial charge in [-0.1, -0.05) is 37.9 Å². The van der Waals surface area contributed by atoms with Crippen molar-refractivity contribution in [3.05, 3.63) is 11.4 Å². The Morgan fingerprint density at radius 1 is 1.29 bits per heavy atom. The average molecular weight is 267 g/mol. The molecule has 0 unspecified atom stereocenters. The van der Waals surface area contributed by atoms with Crippen molar-refractivity contribution in [3.63, 3.8) is 0 Å². The molecule has 5 heteroatoms. The van der Waals surface area contributed by atoms with Crippen LogP contribution < -0.4 is 5.73 Å². The Kier molecular flexibility index (Phi) is 4.62. The van der Waals surface area contributed by atoms with Crippen molar-refractivity contribution >= 4 is 39.1 Å². The van der Waals surface area contributed by atoms with Crippen LogP contribution in [0.3, 0.4) is 0 Å². The van der Waals surface area contributed by atoms with Crippen LogP contribution in [0, 0.1) is 0 Å². The summed E-state index contributed by atoms with van der Waals surface area (Å²) in [6.45, 7) is 2.22. The van der Waals surface area contributed by atoms with Crippen LogP contribution in [0.2, 0.25) is 0 Å². The lowest BCUT2D eigenvalue weighted by Crippen LogP contribution is -1.95. The minimum atomic E-state index is 0.604. The topological polar surface area (TPSA) is 51.8 Å². The predicted octanol–water partition coefficient (Wildman–Crippen LogP) is 3.95. The highest BCUT2D eigenvalue weighted by atomic mass is 32.2. The number of rotatable bonds is 6. The minimum Gasteiger partial charge on any atom is -0.383 e. The normalized spacial score (nSPS) is 11.1. The SMILES string of the molecule is CCCCCCSc1nc(N)c2ccsc2n1. The summed E-state index contributed by atoms with van der Waals surface area (Å²) in [7, 11) is 0. The summed E-state index contributed by atoms with van der Waals surface area (Å²) in [5, 5.41) is 3.80. The van der Waals surface area contributed by atoms with Crippen LogP contribution in [0.5, 0.6) is 0 Å². The number of thioether (sulfide) groups is 1. The second-order valence-electron chi connectivity index (χ2n) is 3.94. The molecule has 0 saturated heterocycles. The van der Waals surface area contributed by atoms with E-state index in [4.69, 9.17) is 5.73 Å². The largest absolute Gasteiger partial charge is 0.383 e. The van der Waals surface area contributed by atoms with Gasteiger partial charge in [0.15, 0.2) is 5.16 Å². The van der Waals surface area contributed by atoms with Gasteiger partial charge in [0.1, 0.15) is 10.6 Å². The summed E-state index contributed by atoms with van der Waals surface area (Å²) >= 11 is 3.33. The molecule has 0 atom stereocenters. The Morgan fingerprint density at radius 2 is 2.18 bits per heavy atom. The van der Waals surface area contributed by atoms with E-state index in [2.05, 4.69) is 16.9 Å². The Bertz CT molecular complexity index is 482. The summed E-state index contributed by atoms with van der Waals surface area (Å²) < 4.78 is 0. The van der Waals surface area contributed by atoms with E-state index in [0.717, 1.165) is 21.1 Å². The predicted molar refractivity (Wildman–Crippen MR) is 76.7 cm³/mol. The summed E-state index contributed by atoms with van der Waals surface area (Å²) in [6, 6.07) is 1.98. The second-order valence-corrected chi connectivity index (χ2v) is 5.90. The minimum absolute atomic E-state index is 0.604. The van der Waals surface area contributed by atoms with E-state index >= 15 is 0 Å². The lowest BCUT2D eigenvalue weighted by Gasteiger charge is -2.02. The number of nitrogens with zero attached hydrogens (tertiary/aromatic N) is 2. The van der Waals surface area contributed by atoms with Crippen molar-refractivity contribution in [3.8, 4) is 0 Å². The summed E-state index contributed by atoms with van der Waals surface area (Å²) in [5.41, 5.74) is 5.90. The number of aromatic nitrogens is 2. The number of anilines is 1. The molecule has 0 aliphatic rings. The van der Waals surface area contributed by atoms with E-state index in [1.807, 2.05) is 11.4 Å². The van der Waals surface area contributed by atoms with Gasteiger partial charge in [-0.25, -0.2) is 9.97 Å². The fourth-order valence-corrected chi connectivity index (χ4v) is 3.29. The van der Waals surface area contributed by atoms with Crippen molar-refractivity contribution in [2.45, 2.75) is 37.8 Å². The number of thiophene rings is 1. The zero-order valence-corrected chi connectivity index (χ0v) is 11.6. The molecule has 2 rings (SSSR count). The maximum absolute atomic E-state index is 5.90. The Morgan fingerprint density at radius 3 is 3.00 bits per heavy atom. The molecule has 2 aromatic heterocycles. The molecule has 2 heterocycles. The van der Waals surface area contributed by atoms with Gasteiger partial charge in [0.2, 0.25) is 0 Å². The molecular weight excluding hydrogens is 250 g/mol. The van der Waals surface area contributed by atoms with Crippen LogP contribution in [-0.2, 0) is 0 Å². The van der Waals surface area contributed by atoms with E-state index < -0.39 is 0 Å². The van der Waals surface area contributed by atoms with Crippen LogP contribution in [0.25, 0.3) is 10.2 Å². The zero-order valence-electron chi connectivity index (χ0n) is 9.98. The number of nitrogen functional groups attached to an aromatic ring is 1. The van der Waals surface area contributed by atoms with Crippen LogP contribution in [0.4, 0.5) is 5.82 Å². The Labute approximate surface area is 110 Å². The van der Waals surface area contributed by atoms with E-state index in [1.54, 1.807) is 23.1 Å². The first-order valence-corrected chi connectivity index (χ1v) is 7.81. The molecule has 0 fully saturated rings. The van der Waals surface area contributed by atoms with Crippen molar-refractivity contribution < 1.29 is 0 Å². The van der Waals surface area contributed by atoms with Crippen molar-refractivity contribution in [2.24, 2.45) is 0 Å². The van der Waals surface area contributed by atoms with Crippen LogP contribution in [0.1, 0.15) is 32.6 Å². The van der Waals surface area contributed by atoms with E-state index in [1.165, 1.54) is 25.7 Å². The van der Waals surface area contributed by atoms with Gasteiger partial charge in [0.05, 0.1) is 5.39 Å². The molecule has 0 aliphatic carbocycles. The van der Waals surface area contributed by atoms with E-state index in [0.29, 0.717) is 5.82 Å². The van der Waals surface area contributed by atoms with Crippen LogP contribution in [-0.4, -0.2) is 15.7 Å². The number of hydrogen-bond donors (Lipinski definition) is 1. The Hall–Kier alpha value is -0.810. The fourth-order valence-electron chi connectivity index (χ4n) is 1.61. The quantitative estimate of drug-likeness (QED) is 0.489. The highest BCUT2D eigenvalue weighted by molar-refractivity contribution is 7.99. The number of unbranched alkanes of at least 4 members (excludes halogenated alkanes) is 3. The Balaban J connectivity index is 1.94. The maximum Gasteiger partial charge on any atom is 0.190 e. The van der Waals surface area contributed by atoms with Crippen molar-refractivity contribution in [2.75, 3.05) is 11.5 Å². The molecule has 0 saturated carbocycles. The monoisotopic (exact) mass is 267 g/mol. The molecule has 0 radical (unpaired) electrons. The molecule has 0 bridgehead atoms. The van der Waals surface area contributed by atoms with Gasteiger partial charge in [-0.3, -0.25) is 0 Å². The number of fused-ring (bicyclic) bond motifs is 1. The third kappa shape index (κ3) is 3.33. The first-order chi connectivity index (χ1) is 8.31. The lowest BCUT2D eigenvalue weighted by atomic mass is 10.2. The molecule has 0 aliphatic heterocycles. The molecule has 2 N–H and O–H groups in total. The zero-order chi connectivity index (χ0) is 12.1. The van der Waals surface area contributed by atoms with Crippen molar-refractivity contribution in [1.82, 2.24) is 9.97 Å². The van der Waals surface area contributed by atoms with Crippen molar-refractivity contribution in [1.29, 1.82) is 0 Å². The smallest absolute Gasteiger partial charge is 0.190 e. The van der Waals surface area contributed by atoms with Gasteiger partial charge >= 0.3 is 0 Å². The lowest BCUT2D eigenvalue weighted by molar-refractivity contribution is 0.706. The third-order valence-corrected chi connectivity index (χ3v) is 4.30. The first-order valence-electron chi connectivity index (χ1n) is 5.94. The molecule has 92 valence electrons. The van der Waals surface area contributed by atoms with E-state index in [9.17, 15) is 0 Å². The van der Waals surface area contributed by atoms with Gasteiger partial charge in [-0.2, -0.15) is 0 Å². The molecule has 0 spiro atoms. The summed E-state index contributed by atoms with van der Waals surface area (Å²) in [4.78, 5) is 9.83. The third-order valence-electron chi connectivity index (χ3n) is 2.56. The first kappa shape index (κ1) is 12.6. The van der Waals surface area contributed by atoms with Gasteiger partial charge in [-0.05, 0) is 17.9 Å². The molecule has 0 aromatic carbocycles. The standard InChI is InChI=1S/C12H17N3S2/c1-2-3-4-5-7-17-12-14-10(13)9-6-8-16-11(9)15-12/h6,8H,2-5,7H2,1H3,(H2,13,14,15). The molecule has 2 aromatic rings. The van der Waals surface area contributed by atoms with E-state index in [-0.39, 0.29) is 0 Å². The summed E-state index contributed by atoms with van der Waals surface area (Å²) in [5.74, 6) is 1.68. The second kappa shape index (κ2) is 6.21. The fraction of sp³-hybridized carbons (Fsp3) is 0.500. The van der Waals surface area contributed by atoms with Gasteiger partial charge in [0, 0.05) is 5.75 Å². The highest BCUT2D eigenvalue weighted by Gasteiger charge is 2.06. The molecule has 17 heavy (non-hydrogen) atoms. The van der Waals surface area contributed by atoms with Gasteiger partial charge in [0.25, 0.3) is 0 Å². The van der Waals surface area contributed by atoms with Crippen LogP contribution >= 0.6 is 23.1 Å². The van der Waals surface area contributed by atoms with Gasteiger partial charge < -0.3 is 5.73 Å². The summed E-state index contributed by atoms with van der Waals surface area (Å²) in [6.07, 6.45) is 5.10. The van der Waals surface area contributed by atoms with Crippen LogP contribution in [0.15, 0.2) is 16.6 Å².